The number of unbranched alkanes of at least 4 members (excludes halogenated alkanes) is 24. The zero-order valence-electron chi connectivity index (χ0n) is 40.9. The average molecular weight is 867 g/mol. The molecule has 0 aromatic carbocycles. The van der Waals surface area contributed by atoms with Crippen molar-refractivity contribution in [2.24, 2.45) is 0 Å². The number of carbonyl (C=O) groups is 2. The van der Waals surface area contributed by atoms with E-state index in [1.807, 2.05) is 0 Å². The number of ether oxygens (including phenoxy) is 2. The lowest BCUT2D eigenvalue weighted by molar-refractivity contribution is -0.150. The summed E-state index contributed by atoms with van der Waals surface area (Å²) in [5.41, 5.74) is 6.81. The third kappa shape index (κ3) is 33.2. The van der Waals surface area contributed by atoms with E-state index in [0.717, 1.165) is 77.5 Å². The molecular formula is C51H102N4O4S. The van der Waals surface area contributed by atoms with Gasteiger partial charge in [0.25, 0.3) is 0 Å². The molecule has 0 saturated carbocycles. The molecule has 0 aromatic heterocycles. The Kier molecular flexibility index (Phi) is 38.0. The van der Waals surface area contributed by atoms with E-state index in [0.29, 0.717) is 19.4 Å². The van der Waals surface area contributed by atoms with Crippen molar-refractivity contribution < 1.29 is 19.1 Å². The quantitative estimate of drug-likeness (QED) is 0.0463. The number of nitrogens with one attached hydrogen (secondary N) is 2. The summed E-state index contributed by atoms with van der Waals surface area (Å²) in [5, 5.41) is 3.58. The molecular weight excluding hydrogens is 765 g/mol. The summed E-state index contributed by atoms with van der Waals surface area (Å²) < 4.78 is 11.6. The molecule has 0 saturated heterocycles. The van der Waals surface area contributed by atoms with Crippen molar-refractivity contribution in [3.05, 3.63) is 11.2 Å². The molecule has 0 radical (unpaired) electrons. The van der Waals surface area contributed by atoms with Gasteiger partial charge >= 0.3 is 11.9 Å². The van der Waals surface area contributed by atoms with E-state index >= 15 is 0 Å². The molecule has 0 aliphatic carbocycles. The van der Waals surface area contributed by atoms with Crippen LogP contribution in [0.15, 0.2) is 11.2 Å². The second kappa shape index (κ2) is 40.3. The molecule has 0 spiro atoms. The van der Waals surface area contributed by atoms with Crippen molar-refractivity contribution in [2.45, 2.75) is 252 Å². The molecule has 0 unspecified atom stereocenters. The molecule has 1 rings (SSSR count). The Morgan fingerprint density at radius 1 is 0.567 bits per heavy atom. The zero-order valence-corrected chi connectivity index (χ0v) is 41.7. The number of hydrazine groups is 2. The molecule has 1 aliphatic rings. The van der Waals surface area contributed by atoms with Crippen LogP contribution in [0.1, 0.15) is 246 Å². The maximum absolute atomic E-state index is 12.9. The van der Waals surface area contributed by atoms with Crippen LogP contribution in [0.25, 0.3) is 0 Å². The lowest BCUT2D eigenvalue weighted by atomic mass is 10.0. The summed E-state index contributed by atoms with van der Waals surface area (Å²) in [6.45, 7) is 14.1. The van der Waals surface area contributed by atoms with E-state index in [4.69, 9.17) is 9.47 Å². The van der Waals surface area contributed by atoms with E-state index in [9.17, 15) is 9.59 Å². The fourth-order valence-electron chi connectivity index (χ4n) is 8.09. The third-order valence-corrected chi connectivity index (χ3v) is 15.4. The highest BCUT2D eigenvalue weighted by atomic mass is 32.3. The molecule has 8 nitrogen and oxygen atoms in total. The van der Waals surface area contributed by atoms with E-state index in [1.165, 1.54) is 165 Å². The van der Waals surface area contributed by atoms with Crippen molar-refractivity contribution in [3.8, 4) is 0 Å². The van der Waals surface area contributed by atoms with Gasteiger partial charge in [-0.3, -0.25) is 20.0 Å². The molecule has 0 fully saturated rings. The van der Waals surface area contributed by atoms with Crippen LogP contribution in [0, 0.1) is 0 Å². The molecule has 60 heavy (non-hydrogen) atoms. The summed E-state index contributed by atoms with van der Waals surface area (Å²) in [6, 6.07) is 0. The standard InChI is InChI=1S/C51H102N4O4S/c1-7-11-14-17-20-29-36-46-58-50(56)40-32-25-21-27-34-42-54(44-37-45-55-47-49(52-53-55)60(5,6)10-4)43-35-28-22-26-33-41-51(57)59-48(38-30-23-18-15-12-8-2)39-31-24-19-16-13-9-3/h47-48,52-53H,7-46H2,1-6H3. The Balaban J connectivity index is 2.39. The predicted molar refractivity (Wildman–Crippen MR) is 262 cm³/mol. The summed E-state index contributed by atoms with van der Waals surface area (Å²) in [6.07, 6.45) is 47.0. The Bertz CT molecular complexity index is 1010. The maximum atomic E-state index is 12.9. The molecule has 1 heterocycles. The lowest BCUT2D eigenvalue weighted by Crippen LogP contribution is -2.38. The Morgan fingerprint density at radius 2 is 1.00 bits per heavy atom. The molecule has 0 atom stereocenters. The van der Waals surface area contributed by atoms with Gasteiger partial charge in [-0.05, 0) is 102 Å². The number of nitrogens with zero attached hydrogens (tertiary/aromatic N) is 2. The number of esters is 2. The molecule has 0 aromatic rings. The van der Waals surface area contributed by atoms with Gasteiger partial charge in [0.05, 0.1) is 11.6 Å². The number of hydrogen-bond donors (Lipinski definition) is 2. The maximum Gasteiger partial charge on any atom is 0.306 e. The second-order valence-electron chi connectivity index (χ2n) is 18.5. The van der Waals surface area contributed by atoms with Crippen LogP contribution in [0.3, 0.4) is 0 Å². The molecule has 0 bridgehead atoms. The number of carbonyl (C=O) groups excluding carboxylic acids is 2. The highest BCUT2D eigenvalue weighted by Crippen LogP contribution is 2.47. The van der Waals surface area contributed by atoms with Gasteiger partial charge in [0.1, 0.15) is 6.10 Å². The van der Waals surface area contributed by atoms with Crippen LogP contribution in [0.2, 0.25) is 0 Å². The summed E-state index contributed by atoms with van der Waals surface area (Å²) >= 11 is 0. The monoisotopic (exact) mass is 867 g/mol. The molecule has 2 N–H and O–H groups in total. The first-order valence-electron chi connectivity index (χ1n) is 26.0. The van der Waals surface area contributed by atoms with Gasteiger partial charge in [0, 0.05) is 25.6 Å². The smallest absolute Gasteiger partial charge is 0.306 e. The van der Waals surface area contributed by atoms with Crippen LogP contribution in [0.4, 0.5) is 0 Å². The van der Waals surface area contributed by atoms with Crippen molar-refractivity contribution in [3.63, 3.8) is 0 Å². The highest BCUT2D eigenvalue weighted by molar-refractivity contribution is 8.35. The third-order valence-electron chi connectivity index (χ3n) is 12.6. The van der Waals surface area contributed by atoms with Crippen molar-refractivity contribution in [1.29, 1.82) is 0 Å². The SMILES string of the molecule is CCCCCCCCCOC(=O)CCCCCCCN(CCCCCCCC(=O)OC(CCCCCCCC)CCCCCCCC)CCCN1C=C(S(C)(C)CC)NN1. The fraction of sp³-hybridized carbons (Fsp3) is 0.922. The van der Waals surface area contributed by atoms with E-state index in [1.54, 1.807) is 0 Å². The summed E-state index contributed by atoms with van der Waals surface area (Å²) in [4.78, 5) is 27.8. The van der Waals surface area contributed by atoms with Gasteiger partial charge in [0.2, 0.25) is 0 Å². The van der Waals surface area contributed by atoms with Crippen LogP contribution in [-0.4, -0.2) is 79.0 Å². The normalized spacial score (nSPS) is 13.3. The van der Waals surface area contributed by atoms with Crippen molar-refractivity contribution >= 4 is 22.0 Å². The molecule has 356 valence electrons. The minimum Gasteiger partial charge on any atom is -0.466 e. The first-order valence-corrected chi connectivity index (χ1v) is 28.7. The minimum atomic E-state index is -0.772. The minimum absolute atomic E-state index is 0.0114. The van der Waals surface area contributed by atoms with Gasteiger partial charge in [-0.15, -0.1) is 5.53 Å². The Labute approximate surface area is 374 Å². The molecule has 1 aliphatic heterocycles. The summed E-state index contributed by atoms with van der Waals surface area (Å²) in [7, 11) is -0.772. The van der Waals surface area contributed by atoms with E-state index in [2.05, 4.69) is 67.3 Å². The largest absolute Gasteiger partial charge is 0.466 e. The van der Waals surface area contributed by atoms with Crippen molar-refractivity contribution in [1.82, 2.24) is 20.9 Å². The van der Waals surface area contributed by atoms with Gasteiger partial charge < -0.3 is 14.4 Å². The number of rotatable bonds is 45. The van der Waals surface area contributed by atoms with Gasteiger partial charge in [0.15, 0.2) is 0 Å². The topological polar surface area (TPSA) is 83.1 Å². The predicted octanol–water partition coefficient (Wildman–Crippen LogP) is 14.3. The Hall–Kier alpha value is -1.45. The zero-order chi connectivity index (χ0) is 43.8. The van der Waals surface area contributed by atoms with Crippen LogP contribution in [-0.2, 0) is 19.1 Å². The van der Waals surface area contributed by atoms with Crippen molar-refractivity contribution in [2.75, 3.05) is 51.1 Å². The number of hydrogen-bond acceptors (Lipinski definition) is 8. The van der Waals surface area contributed by atoms with E-state index < -0.39 is 10.0 Å². The van der Waals surface area contributed by atoms with Gasteiger partial charge in [-0.1, -0.05) is 169 Å². The first-order chi connectivity index (χ1) is 29.2. The van der Waals surface area contributed by atoms with E-state index in [-0.39, 0.29) is 18.0 Å². The molecule has 9 heteroatoms. The first kappa shape index (κ1) is 56.6. The van der Waals surface area contributed by atoms with Crippen LogP contribution in [0.5, 0.6) is 0 Å². The molecule has 0 amide bonds. The second-order valence-corrected chi connectivity index (χ2v) is 22.6. The highest BCUT2D eigenvalue weighted by Gasteiger charge is 2.21. The van der Waals surface area contributed by atoms with Gasteiger partial charge in [-0.25, -0.2) is 10.0 Å². The fourth-order valence-corrected chi connectivity index (χ4v) is 9.13. The summed E-state index contributed by atoms with van der Waals surface area (Å²) in [5.74, 6) is 1.20. The average Bonchev–Trinajstić information content (AvgIpc) is 3.73. The Morgan fingerprint density at radius 3 is 1.52 bits per heavy atom. The lowest BCUT2D eigenvalue weighted by Gasteiger charge is -2.29. The van der Waals surface area contributed by atoms with Crippen LogP contribution >= 0.6 is 10.0 Å². The van der Waals surface area contributed by atoms with Crippen LogP contribution < -0.4 is 11.0 Å². The van der Waals surface area contributed by atoms with Gasteiger partial charge in [-0.2, -0.15) is 0 Å².